The first kappa shape index (κ1) is 14.7. The molecule has 0 atom stereocenters. The number of hydrogen-bond donors (Lipinski definition) is 2. The van der Waals surface area contributed by atoms with Crippen molar-refractivity contribution in [1.82, 2.24) is 14.7 Å². The molecule has 2 rings (SSSR count). The van der Waals surface area contributed by atoms with Gasteiger partial charge in [-0.15, -0.1) is 0 Å². The molecule has 0 spiro atoms. The number of sulfonamides is 1. The summed E-state index contributed by atoms with van der Waals surface area (Å²) in [5.41, 5.74) is 0.235. The highest BCUT2D eigenvalue weighted by atomic mass is 32.2. The van der Waals surface area contributed by atoms with Crippen LogP contribution in [0, 0.1) is 0 Å². The van der Waals surface area contributed by atoms with E-state index in [0.29, 0.717) is 12.4 Å². The number of aromatic nitrogens is 2. The Bertz CT molecular complexity index is 708. The molecule has 2 N–H and O–H groups in total. The standard InChI is InChI=1S/C13H18N4O2S/c1-13(2,17-20(3,18)19)8-14-12-10-6-4-5-7-11(10)15-9-16-12/h4-7,9,17H,8H2,1-3H3,(H,14,15,16). The molecule has 0 amide bonds. The SMILES string of the molecule is CC(C)(CNc1ncnc2ccccc12)NS(C)(=O)=O. The van der Waals surface area contributed by atoms with Crippen molar-refractivity contribution >= 4 is 26.7 Å². The Morgan fingerprint density at radius 1 is 1.20 bits per heavy atom. The van der Waals surface area contributed by atoms with E-state index in [2.05, 4.69) is 20.0 Å². The molecule has 0 aliphatic rings. The predicted molar refractivity (Wildman–Crippen MR) is 80.1 cm³/mol. The Labute approximate surface area is 118 Å². The molecule has 1 aromatic heterocycles. The van der Waals surface area contributed by atoms with Crippen LogP contribution in [0.25, 0.3) is 10.9 Å². The lowest BCUT2D eigenvalue weighted by Crippen LogP contribution is -2.47. The Balaban J connectivity index is 2.17. The highest BCUT2D eigenvalue weighted by Gasteiger charge is 2.22. The van der Waals surface area contributed by atoms with Crippen LogP contribution in [0.1, 0.15) is 13.8 Å². The van der Waals surface area contributed by atoms with Crippen molar-refractivity contribution in [2.24, 2.45) is 0 Å². The maximum atomic E-state index is 11.3. The lowest BCUT2D eigenvalue weighted by molar-refractivity contribution is 0.476. The second-order valence-corrected chi connectivity index (χ2v) is 7.10. The van der Waals surface area contributed by atoms with E-state index < -0.39 is 15.6 Å². The van der Waals surface area contributed by atoms with Crippen molar-refractivity contribution < 1.29 is 8.42 Å². The highest BCUT2D eigenvalue weighted by Crippen LogP contribution is 2.19. The van der Waals surface area contributed by atoms with E-state index in [9.17, 15) is 8.42 Å². The molecule has 0 aliphatic carbocycles. The number of fused-ring (bicyclic) bond motifs is 1. The van der Waals surface area contributed by atoms with Gasteiger partial charge in [0.2, 0.25) is 10.0 Å². The molecule has 20 heavy (non-hydrogen) atoms. The molecule has 0 aliphatic heterocycles. The smallest absolute Gasteiger partial charge is 0.209 e. The molecule has 7 heteroatoms. The van der Waals surface area contributed by atoms with Gasteiger partial charge in [0.1, 0.15) is 12.1 Å². The van der Waals surface area contributed by atoms with Gasteiger partial charge in [0.15, 0.2) is 0 Å². The van der Waals surface area contributed by atoms with Crippen molar-refractivity contribution in [3.8, 4) is 0 Å². The van der Waals surface area contributed by atoms with Gasteiger partial charge in [0, 0.05) is 17.5 Å². The Kier molecular flexibility index (Phi) is 3.92. The molecule has 0 saturated heterocycles. The number of nitrogens with zero attached hydrogens (tertiary/aromatic N) is 2. The lowest BCUT2D eigenvalue weighted by Gasteiger charge is -2.25. The number of anilines is 1. The Morgan fingerprint density at radius 2 is 1.90 bits per heavy atom. The number of benzene rings is 1. The molecule has 0 saturated carbocycles. The first-order chi connectivity index (χ1) is 9.27. The van der Waals surface area contributed by atoms with Crippen molar-refractivity contribution in [2.75, 3.05) is 18.1 Å². The van der Waals surface area contributed by atoms with Gasteiger partial charge in [0.25, 0.3) is 0 Å². The fraction of sp³-hybridized carbons (Fsp3) is 0.385. The van der Waals surface area contributed by atoms with E-state index in [1.165, 1.54) is 6.33 Å². The summed E-state index contributed by atoms with van der Waals surface area (Å²) in [7, 11) is -3.25. The van der Waals surface area contributed by atoms with Crippen molar-refractivity contribution in [3.05, 3.63) is 30.6 Å². The second-order valence-electron chi connectivity index (χ2n) is 5.35. The molecule has 0 bridgehead atoms. The van der Waals surface area contributed by atoms with Gasteiger partial charge >= 0.3 is 0 Å². The number of para-hydroxylation sites is 1. The molecule has 0 radical (unpaired) electrons. The molecular weight excluding hydrogens is 276 g/mol. The Morgan fingerprint density at radius 3 is 2.60 bits per heavy atom. The first-order valence-electron chi connectivity index (χ1n) is 6.19. The zero-order chi connectivity index (χ0) is 14.8. The van der Waals surface area contributed by atoms with Crippen molar-refractivity contribution in [1.29, 1.82) is 0 Å². The quantitative estimate of drug-likeness (QED) is 0.870. The van der Waals surface area contributed by atoms with Gasteiger partial charge in [-0.2, -0.15) is 0 Å². The van der Waals surface area contributed by atoms with E-state index in [4.69, 9.17) is 0 Å². The maximum absolute atomic E-state index is 11.3. The monoisotopic (exact) mass is 294 g/mol. The van der Waals surface area contributed by atoms with Crippen LogP contribution in [-0.2, 0) is 10.0 Å². The summed E-state index contributed by atoms with van der Waals surface area (Å²) in [5, 5.41) is 4.08. The summed E-state index contributed by atoms with van der Waals surface area (Å²) in [6, 6.07) is 7.65. The predicted octanol–water partition coefficient (Wildman–Crippen LogP) is 1.37. The van der Waals surface area contributed by atoms with Crippen LogP contribution in [0.4, 0.5) is 5.82 Å². The van der Waals surface area contributed by atoms with E-state index in [1.54, 1.807) is 0 Å². The zero-order valence-electron chi connectivity index (χ0n) is 11.7. The van der Waals surface area contributed by atoms with Crippen LogP contribution >= 0.6 is 0 Å². The van der Waals surface area contributed by atoms with Crippen molar-refractivity contribution in [2.45, 2.75) is 19.4 Å². The minimum absolute atomic E-state index is 0.418. The van der Waals surface area contributed by atoms with E-state index in [-0.39, 0.29) is 0 Å². The van der Waals surface area contributed by atoms with Crippen molar-refractivity contribution in [3.63, 3.8) is 0 Å². The minimum atomic E-state index is -3.25. The highest BCUT2D eigenvalue weighted by molar-refractivity contribution is 7.88. The molecule has 2 aromatic rings. The summed E-state index contributed by atoms with van der Waals surface area (Å²) in [6.45, 7) is 4.04. The largest absolute Gasteiger partial charge is 0.368 e. The summed E-state index contributed by atoms with van der Waals surface area (Å²) in [4.78, 5) is 8.39. The third-order valence-corrected chi connectivity index (χ3v) is 3.63. The number of rotatable bonds is 5. The zero-order valence-corrected chi connectivity index (χ0v) is 12.5. The summed E-state index contributed by atoms with van der Waals surface area (Å²) < 4.78 is 25.2. The topological polar surface area (TPSA) is 84.0 Å². The molecule has 1 heterocycles. The van der Waals surface area contributed by atoms with Gasteiger partial charge < -0.3 is 5.32 Å². The number of nitrogens with one attached hydrogen (secondary N) is 2. The average Bonchev–Trinajstić information content (AvgIpc) is 2.33. The number of hydrogen-bond acceptors (Lipinski definition) is 5. The fourth-order valence-corrected chi connectivity index (χ4v) is 3.06. The summed E-state index contributed by atoms with van der Waals surface area (Å²) >= 11 is 0. The third-order valence-electron chi connectivity index (χ3n) is 2.70. The van der Waals surface area contributed by atoms with E-state index in [0.717, 1.165) is 17.2 Å². The van der Waals surface area contributed by atoms with Gasteiger partial charge in [-0.25, -0.2) is 23.1 Å². The maximum Gasteiger partial charge on any atom is 0.209 e. The van der Waals surface area contributed by atoms with Crippen LogP contribution < -0.4 is 10.0 Å². The van der Waals surface area contributed by atoms with Crippen LogP contribution in [0.5, 0.6) is 0 Å². The Hall–Kier alpha value is -1.73. The van der Waals surface area contributed by atoms with Gasteiger partial charge in [-0.1, -0.05) is 12.1 Å². The average molecular weight is 294 g/mol. The first-order valence-corrected chi connectivity index (χ1v) is 8.09. The van der Waals surface area contributed by atoms with Crippen LogP contribution in [0.15, 0.2) is 30.6 Å². The molecule has 1 aromatic carbocycles. The molecule has 0 unspecified atom stereocenters. The minimum Gasteiger partial charge on any atom is -0.368 e. The summed E-state index contributed by atoms with van der Waals surface area (Å²) in [6.07, 6.45) is 2.64. The molecule has 0 fully saturated rings. The van der Waals surface area contributed by atoms with E-state index in [1.807, 2.05) is 38.1 Å². The van der Waals surface area contributed by atoms with Gasteiger partial charge in [-0.3, -0.25) is 0 Å². The van der Waals surface area contributed by atoms with Crippen LogP contribution in [-0.4, -0.2) is 36.7 Å². The fourth-order valence-electron chi connectivity index (χ4n) is 1.99. The normalized spacial score (nSPS) is 12.6. The second kappa shape index (κ2) is 5.34. The third kappa shape index (κ3) is 3.88. The van der Waals surface area contributed by atoms with Crippen LogP contribution in [0.2, 0.25) is 0 Å². The lowest BCUT2D eigenvalue weighted by atomic mass is 10.1. The van der Waals surface area contributed by atoms with Gasteiger partial charge in [-0.05, 0) is 26.0 Å². The molecular formula is C13H18N4O2S. The summed E-state index contributed by atoms with van der Waals surface area (Å²) in [5.74, 6) is 0.693. The van der Waals surface area contributed by atoms with E-state index >= 15 is 0 Å². The van der Waals surface area contributed by atoms with Crippen LogP contribution in [0.3, 0.4) is 0 Å². The molecule has 108 valence electrons. The van der Waals surface area contributed by atoms with Gasteiger partial charge in [0.05, 0.1) is 11.8 Å². The molecule has 6 nitrogen and oxygen atoms in total.